The van der Waals surface area contributed by atoms with Crippen LogP contribution in [0.1, 0.15) is 17.2 Å². The Bertz CT molecular complexity index is 598. The van der Waals surface area contributed by atoms with Gasteiger partial charge in [0.2, 0.25) is 0 Å². The Morgan fingerprint density at radius 1 is 1.35 bits per heavy atom. The summed E-state index contributed by atoms with van der Waals surface area (Å²) in [5.41, 5.74) is -1.49. The van der Waals surface area contributed by atoms with Crippen molar-refractivity contribution in [2.45, 2.75) is 12.2 Å². The highest BCUT2D eigenvalue weighted by Crippen LogP contribution is 2.34. The molecule has 0 fully saturated rings. The summed E-state index contributed by atoms with van der Waals surface area (Å²) in [4.78, 5) is 10.6. The average molecular weight is 311 g/mol. The first kappa shape index (κ1) is 16.3. The molecule has 0 spiro atoms. The van der Waals surface area contributed by atoms with Gasteiger partial charge in [-0.3, -0.25) is 0 Å². The van der Waals surface area contributed by atoms with Gasteiger partial charge in [0.05, 0.1) is 17.4 Å². The smallest absolute Gasteiger partial charge is 0.416 e. The van der Waals surface area contributed by atoms with Crippen molar-refractivity contribution in [3.63, 3.8) is 0 Å². The first-order valence-electron chi connectivity index (χ1n) is 5.34. The van der Waals surface area contributed by atoms with Gasteiger partial charge in [0, 0.05) is 6.26 Å². The van der Waals surface area contributed by atoms with E-state index in [4.69, 9.17) is 5.11 Å². The van der Waals surface area contributed by atoms with Gasteiger partial charge in [-0.25, -0.2) is 13.2 Å². The molecule has 1 aromatic carbocycles. The zero-order valence-electron chi connectivity index (χ0n) is 10.3. The molecule has 5 nitrogen and oxygen atoms in total. The molecular formula is C11H12F3NO4S. The SMILES string of the molecule is CS(=O)(=O)CC(NC(=O)O)c1ccccc1C(F)(F)F. The van der Waals surface area contributed by atoms with E-state index in [1.54, 1.807) is 5.32 Å². The topological polar surface area (TPSA) is 83.5 Å². The van der Waals surface area contributed by atoms with E-state index in [-0.39, 0.29) is 0 Å². The van der Waals surface area contributed by atoms with E-state index in [1.807, 2.05) is 0 Å². The van der Waals surface area contributed by atoms with E-state index >= 15 is 0 Å². The number of halogens is 3. The largest absolute Gasteiger partial charge is 0.465 e. The Balaban J connectivity index is 3.30. The van der Waals surface area contributed by atoms with Crippen molar-refractivity contribution in [1.29, 1.82) is 0 Å². The van der Waals surface area contributed by atoms with E-state index in [2.05, 4.69) is 0 Å². The molecule has 0 aliphatic rings. The fraction of sp³-hybridized carbons (Fsp3) is 0.364. The summed E-state index contributed by atoms with van der Waals surface area (Å²) in [6, 6.07) is 2.76. The molecule has 0 aliphatic carbocycles. The molecule has 20 heavy (non-hydrogen) atoms. The zero-order valence-corrected chi connectivity index (χ0v) is 11.1. The molecule has 0 radical (unpaired) electrons. The maximum Gasteiger partial charge on any atom is 0.416 e. The number of benzene rings is 1. The van der Waals surface area contributed by atoms with Gasteiger partial charge in [-0.2, -0.15) is 13.2 Å². The molecule has 1 atom stereocenters. The Labute approximate surface area is 113 Å². The maximum atomic E-state index is 12.9. The number of nitrogens with one attached hydrogen (secondary N) is 1. The molecule has 0 saturated heterocycles. The second-order valence-electron chi connectivity index (χ2n) is 4.18. The summed E-state index contributed by atoms with van der Waals surface area (Å²) in [5.74, 6) is -0.758. The number of rotatable bonds is 4. The van der Waals surface area contributed by atoms with E-state index in [0.29, 0.717) is 0 Å². The van der Waals surface area contributed by atoms with Crippen molar-refractivity contribution >= 4 is 15.9 Å². The van der Waals surface area contributed by atoms with Gasteiger partial charge < -0.3 is 10.4 Å². The van der Waals surface area contributed by atoms with Crippen molar-refractivity contribution < 1.29 is 31.5 Å². The van der Waals surface area contributed by atoms with E-state index in [0.717, 1.165) is 24.5 Å². The van der Waals surface area contributed by atoms with Crippen molar-refractivity contribution in [2.24, 2.45) is 0 Å². The standard InChI is InChI=1S/C11H12F3NO4S/c1-20(18,19)6-9(15-10(16)17)7-4-2-3-5-8(7)11(12,13)14/h2-5,9,15H,6H2,1H3,(H,16,17). The Kier molecular flexibility index (Phi) is 4.64. The highest BCUT2D eigenvalue weighted by molar-refractivity contribution is 7.90. The number of alkyl halides is 3. The quantitative estimate of drug-likeness (QED) is 0.891. The molecule has 2 N–H and O–H groups in total. The summed E-state index contributed by atoms with van der Waals surface area (Å²) in [5, 5.41) is 10.5. The van der Waals surface area contributed by atoms with Gasteiger partial charge in [-0.05, 0) is 11.6 Å². The second-order valence-corrected chi connectivity index (χ2v) is 6.36. The molecule has 1 rings (SSSR count). The van der Waals surface area contributed by atoms with Gasteiger partial charge in [0.25, 0.3) is 0 Å². The lowest BCUT2D eigenvalue weighted by Crippen LogP contribution is -2.33. The fourth-order valence-corrected chi connectivity index (χ4v) is 2.59. The molecule has 0 heterocycles. The third-order valence-electron chi connectivity index (χ3n) is 2.41. The summed E-state index contributed by atoms with van der Waals surface area (Å²) < 4.78 is 61.0. The number of hydrogen-bond donors (Lipinski definition) is 2. The lowest BCUT2D eigenvalue weighted by atomic mass is 10.0. The van der Waals surface area contributed by atoms with E-state index in [9.17, 15) is 26.4 Å². The third-order valence-corrected chi connectivity index (χ3v) is 3.35. The van der Waals surface area contributed by atoms with Crippen LogP contribution in [0.4, 0.5) is 18.0 Å². The monoisotopic (exact) mass is 311 g/mol. The van der Waals surface area contributed by atoms with Crippen LogP contribution in [0.15, 0.2) is 24.3 Å². The van der Waals surface area contributed by atoms with Gasteiger partial charge in [0.15, 0.2) is 0 Å². The Morgan fingerprint density at radius 3 is 2.35 bits per heavy atom. The van der Waals surface area contributed by atoms with Crippen LogP contribution < -0.4 is 5.32 Å². The highest BCUT2D eigenvalue weighted by Gasteiger charge is 2.36. The van der Waals surface area contributed by atoms with Crippen LogP contribution in [-0.4, -0.2) is 31.6 Å². The molecule has 1 aromatic rings. The van der Waals surface area contributed by atoms with Crippen LogP contribution in [0, 0.1) is 0 Å². The summed E-state index contributed by atoms with van der Waals surface area (Å²) in [7, 11) is -3.67. The predicted octanol–water partition coefficient (Wildman–Crippen LogP) is 2.06. The Hall–Kier alpha value is -1.77. The molecule has 1 unspecified atom stereocenters. The summed E-state index contributed by atoms with van der Waals surface area (Å²) in [6.07, 6.45) is -5.48. The van der Waals surface area contributed by atoms with E-state index < -0.39 is 45.0 Å². The maximum absolute atomic E-state index is 12.9. The summed E-state index contributed by atoms with van der Waals surface area (Å²) >= 11 is 0. The van der Waals surface area contributed by atoms with Crippen LogP contribution in [0.25, 0.3) is 0 Å². The minimum atomic E-state index is -4.70. The molecule has 0 aromatic heterocycles. The van der Waals surface area contributed by atoms with Crippen LogP contribution in [0.2, 0.25) is 0 Å². The first-order chi connectivity index (χ1) is 9.00. The number of amides is 1. The second kappa shape index (κ2) is 5.70. The zero-order chi connectivity index (χ0) is 15.6. The van der Waals surface area contributed by atoms with Crippen molar-refractivity contribution in [1.82, 2.24) is 5.32 Å². The molecular weight excluding hydrogens is 299 g/mol. The normalized spacial score (nSPS) is 13.8. The number of sulfone groups is 1. The predicted molar refractivity (Wildman–Crippen MR) is 65.1 cm³/mol. The van der Waals surface area contributed by atoms with Crippen molar-refractivity contribution in [3.8, 4) is 0 Å². The first-order valence-corrected chi connectivity index (χ1v) is 7.40. The number of hydrogen-bond acceptors (Lipinski definition) is 3. The van der Waals surface area contributed by atoms with Crippen molar-refractivity contribution in [3.05, 3.63) is 35.4 Å². The van der Waals surface area contributed by atoms with Crippen molar-refractivity contribution in [2.75, 3.05) is 12.0 Å². The minimum absolute atomic E-state index is 0.423. The molecule has 0 aliphatic heterocycles. The average Bonchev–Trinajstić information content (AvgIpc) is 2.24. The summed E-state index contributed by atoms with van der Waals surface area (Å²) in [6.45, 7) is 0. The lowest BCUT2D eigenvalue weighted by molar-refractivity contribution is -0.138. The van der Waals surface area contributed by atoms with Crippen LogP contribution >= 0.6 is 0 Å². The van der Waals surface area contributed by atoms with Gasteiger partial charge in [0.1, 0.15) is 9.84 Å². The van der Waals surface area contributed by atoms with Crippen LogP contribution in [0.5, 0.6) is 0 Å². The number of carboxylic acid groups (broad SMARTS) is 1. The molecule has 0 saturated carbocycles. The molecule has 1 amide bonds. The van der Waals surface area contributed by atoms with E-state index in [1.165, 1.54) is 6.07 Å². The van der Waals surface area contributed by atoms with Gasteiger partial charge >= 0.3 is 12.3 Å². The van der Waals surface area contributed by atoms with Gasteiger partial charge in [-0.15, -0.1) is 0 Å². The fourth-order valence-electron chi connectivity index (χ4n) is 1.72. The molecule has 0 bridgehead atoms. The van der Waals surface area contributed by atoms with Crippen LogP contribution in [-0.2, 0) is 16.0 Å². The highest BCUT2D eigenvalue weighted by atomic mass is 32.2. The molecule has 9 heteroatoms. The minimum Gasteiger partial charge on any atom is -0.465 e. The lowest BCUT2D eigenvalue weighted by Gasteiger charge is -2.21. The van der Waals surface area contributed by atoms with Crippen LogP contribution in [0.3, 0.4) is 0 Å². The number of carbonyl (C=O) groups is 1. The third kappa shape index (κ3) is 4.72. The molecule has 112 valence electrons. The van der Waals surface area contributed by atoms with Gasteiger partial charge in [-0.1, -0.05) is 18.2 Å². The Morgan fingerprint density at radius 2 is 1.90 bits per heavy atom.